The van der Waals surface area contributed by atoms with Gasteiger partial charge in [-0.05, 0) is 31.8 Å². The van der Waals surface area contributed by atoms with Gasteiger partial charge in [0.2, 0.25) is 0 Å². The Morgan fingerprint density at radius 1 is 1.09 bits per heavy atom. The van der Waals surface area contributed by atoms with E-state index in [1.54, 1.807) is 0 Å². The lowest BCUT2D eigenvalue weighted by Crippen LogP contribution is -2.34. The smallest absolute Gasteiger partial charge is 0.267 e. The van der Waals surface area contributed by atoms with Crippen LogP contribution in [-0.4, -0.2) is 36.4 Å². The Kier molecular flexibility index (Phi) is 4.44. The van der Waals surface area contributed by atoms with E-state index in [0.29, 0.717) is 12.2 Å². The number of aromatic nitrogens is 1. The van der Waals surface area contributed by atoms with Gasteiger partial charge in [-0.1, -0.05) is 48.5 Å². The zero-order valence-electron chi connectivity index (χ0n) is 13.4. The third-order valence-electron chi connectivity index (χ3n) is 4.04. The molecule has 2 aromatic carbocycles. The van der Waals surface area contributed by atoms with Crippen molar-refractivity contribution < 1.29 is 4.79 Å². The van der Waals surface area contributed by atoms with Crippen molar-refractivity contribution in [2.75, 3.05) is 20.6 Å². The maximum atomic E-state index is 12.4. The van der Waals surface area contributed by atoms with Gasteiger partial charge in [-0.25, -0.2) is 0 Å². The molecule has 0 aliphatic carbocycles. The average Bonchev–Trinajstić information content (AvgIpc) is 2.99. The van der Waals surface area contributed by atoms with Crippen molar-refractivity contribution in [1.29, 1.82) is 0 Å². The van der Waals surface area contributed by atoms with Crippen LogP contribution in [0.25, 0.3) is 10.9 Å². The van der Waals surface area contributed by atoms with Crippen molar-refractivity contribution in [3.63, 3.8) is 0 Å². The zero-order valence-corrected chi connectivity index (χ0v) is 13.4. The summed E-state index contributed by atoms with van der Waals surface area (Å²) in [4.78, 5) is 17.7. The van der Waals surface area contributed by atoms with Crippen LogP contribution in [0.1, 0.15) is 22.1 Å². The van der Waals surface area contributed by atoms with Crippen molar-refractivity contribution in [1.82, 2.24) is 15.2 Å². The Balaban J connectivity index is 1.71. The van der Waals surface area contributed by atoms with Gasteiger partial charge in [0.25, 0.3) is 5.91 Å². The number of benzene rings is 2. The van der Waals surface area contributed by atoms with Gasteiger partial charge in [0.05, 0.1) is 6.04 Å². The Hall–Kier alpha value is -2.59. The monoisotopic (exact) mass is 307 g/mol. The molecule has 23 heavy (non-hydrogen) atoms. The molecule has 0 radical (unpaired) electrons. The Morgan fingerprint density at radius 2 is 1.78 bits per heavy atom. The van der Waals surface area contributed by atoms with Crippen LogP contribution in [0.4, 0.5) is 0 Å². The van der Waals surface area contributed by atoms with E-state index < -0.39 is 0 Å². The van der Waals surface area contributed by atoms with Crippen molar-refractivity contribution in [3.05, 3.63) is 71.9 Å². The second-order valence-corrected chi connectivity index (χ2v) is 5.87. The summed E-state index contributed by atoms with van der Waals surface area (Å²) >= 11 is 0. The molecule has 0 saturated carbocycles. The molecule has 0 spiro atoms. The number of amides is 1. The summed E-state index contributed by atoms with van der Waals surface area (Å²) < 4.78 is 0. The molecule has 0 bridgehead atoms. The highest BCUT2D eigenvalue weighted by Gasteiger charge is 2.16. The third-order valence-corrected chi connectivity index (χ3v) is 4.04. The van der Waals surface area contributed by atoms with Gasteiger partial charge in [-0.15, -0.1) is 0 Å². The van der Waals surface area contributed by atoms with Gasteiger partial charge in [-0.2, -0.15) is 0 Å². The Morgan fingerprint density at radius 3 is 2.48 bits per heavy atom. The molecule has 4 nitrogen and oxygen atoms in total. The van der Waals surface area contributed by atoms with Gasteiger partial charge in [0.15, 0.2) is 0 Å². The summed E-state index contributed by atoms with van der Waals surface area (Å²) in [6.07, 6.45) is 0. The van der Waals surface area contributed by atoms with Crippen LogP contribution in [0.5, 0.6) is 0 Å². The van der Waals surface area contributed by atoms with Crippen LogP contribution in [0.15, 0.2) is 60.7 Å². The molecule has 0 saturated heterocycles. The van der Waals surface area contributed by atoms with E-state index in [0.717, 1.165) is 10.9 Å². The molecule has 118 valence electrons. The molecule has 1 atom stereocenters. The maximum Gasteiger partial charge on any atom is 0.267 e. The van der Waals surface area contributed by atoms with Crippen LogP contribution in [0.3, 0.4) is 0 Å². The van der Waals surface area contributed by atoms with Crippen LogP contribution in [0, 0.1) is 0 Å². The first-order chi connectivity index (χ1) is 11.1. The first-order valence-electron chi connectivity index (χ1n) is 7.72. The third kappa shape index (κ3) is 3.43. The minimum atomic E-state index is -0.0796. The average molecular weight is 307 g/mol. The molecule has 0 aliphatic heterocycles. The van der Waals surface area contributed by atoms with Gasteiger partial charge >= 0.3 is 0 Å². The van der Waals surface area contributed by atoms with Crippen molar-refractivity contribution in [2.24, 2.45) is 0 Å². The van der Waals surface area contributed by atoms with Crippen LogP contribution in [-0.2, 0) is 0 Å². The highest BCUT2D eigenvalue weighted by Crippen LogP contribution is 2.18. The number of rotatable bonds is 5. The Labute approximate surface area is 136 Å². The largest absolute Gasteiger partial charge is 0.351 e. The highest BCUT2D eigenvalue weighted by molar-refractivity contribution is 5.97. The number of para-hydroxylation sites is 1. The molecule has 1 heterocycles. The molecule has 0 aliphatic rings. The molecule has 1 unspecified atom stereocenters. The van der Waals surface area contributed by atoms with Crippen LogP contribution >= 0.6 is 0 Å². The molecular weight excluding hydrogens is 286 g/mol. The lowest BCUT2D eigenvalue weighted by molar-refractivity contribution is 0.0938. The molecule has 4 heteroatoms. The van der Waals surface area contributed by atoms with Gasteiger partial charge in [-0.3, -0.25) is 4.79 Å². The van der Waals surface area contributed by atoms with E-state index >= 15 is 0 Å². The molecule has 1 aromatic heterocycles. The van der Waals surface area contributed by atoms with Crippen molar-refractivity contribution in [3.8, 4) is 0 Å². The first kappa shape index (κ1) is 15.3. The molecular formula is C19H21N3O. The fraction of sp³-hybridized carbons (Fsp3) is 0.211. The lowest BCUT2D eigenvalue weighted by atomic mass is 10.1. The quantitative estimate of drug-likeness (QED) is 0.760. The van der Waals surface area contributed by atoms with Gasteiger partial charge in [0.1, 0.15) is 5.69 Å². The standard InChI is InChI=1S/C19H21N3O/c1-22(2)18(14-8-4-3-5-9-14)13-20-19(23)17-12-15-10-6-7-11-16(15)21-17/h3-12,18,21H,13H2,1-2H3,(H,20,23). The van der Waals surface area contributed by atoms with Crippen LogP contribution < -0.4 is 5.32 Å². The zero-order chi connectivity index (χ0) is 16.2. The van der Waals surface area contributed by atoms with Gasteiger partial charge in [0, 0.05) is 17.4 Å². The topological polar surface area (TPSA) is 48.1 Å². The number of likely N-dealkylation sites (N-methyl/N-ethyl adjacent to an activating group) is 1. The molecule has 0 fully saturated rings. The lowest BCUT2D eigenvalue weighted by Gasteiger charge is -2.25. The number of hydrogen-bond acceptors (Lipinski definition) is 2. The van der Waals surface area contributed by atoms with E-state index in [1.807, 2.05) is 62.6 Å². The fourth-order valence-corrected chi connectivity index (χ4v) is 2.75. The van der Waals surface area contributed by atoms with Gasteiger partial charge < -0.3 is 15.2 Å². The van der Waals surface area contributed by atoms with E-state index in [9.17, 15) is 4.79 Å². The number of nitrogens with one attached hydrogen (secondary N) is 2. The second-order valence-electron chi connectivity index (χ2n) is 5.87. The van der Waals surface area contributed by atoms with Crippen molar-refractivity contribution in [2.45, 2.75) is 6.04 Å². The molecule has 2 N–H and O–H groups in total. The number of fused-ring (bicyclic) bond motifs is 1. The number of nitrogens with zero attached hydrogens (tertiary/aromatic N) is 1. The number of carbonyl (C=O) groups is 1. The predicted octanol–water partition coefficient (Wildman–Crippen LogP) is 3.20. The van der Waals surface area contributed by atoms with E-state index in [4.69, 9.17) is 0 Å². The molecule has 3 rings (SSSR count). The summed E-state index contributed by atoms with van der Waals surface area (Å²) in [5.41, 5.74) is 2.76. The summed E-state index contributed by atoms with van der Waals surface area (Å²) in [7, 11) is 4.04. The number of H-pyrrole nitrogens is 1. The summed E-state index contributed by atoms with van der Waals surface area (Å²) in [6.45, 7) is 0.561. The number of carbonyl (C=O) groups excluding carboxylic acids is 1. The minimum Gasteiger partial charge on any atom is -0.351 e. The second kappa shape index (κ2) is 6.67. The summed E-state index contributed by atoms with van der Waals surface area (Å²) in [6, 6.07) is 20.1. The predicted molar refractivity (Wildman–Crippen MR) is 93.5 cm³/mol. The SMILES string of the molecule is CN(C)C(CNC(=O)c1cc2ccccc2[nH]1)c1ccccc1. The fourth-order valence-electron chi connectivity index (χ4n) is 2.75. The minimum absolute atomic E-state index is 0.0796. The molecule has 1 amide bonds. The Bertz CT molecular complexity index is 759. The number of aromatic amines is 1. The molecule has 3 aromatic rings. The van der Waals surface area contributed by atoms with Crippen LogP contribution in [0.2, 0.25) is 0 Å². The number of hydrogen-bond donors (Lipinski definition) is 2. The van der Waals surface area contributed by atoms with E-state index in [1.165, 1.54) is 5.56 Å². The normalized spacial score (nSPS) is 12.5. The first-order valence-corrected chi connectivity index (χ1v) is 7.72. The maximum absolute atomic E-state index is 12.4. The summed E-state index contributed by atoms with van der Waals surface area (Å²) in [5, 5.41) is 4.07. The van der Waals surface area contributed by atoms with E-state index in [-0.39, 0.29) is 11.9 Å². The highest BCUT2D eigenvalue weighted by atomic mass is 16.1. The summed E-state index contributed by atoms with van der Waals surface area (Å²) in [5.74, 6) is -0.0796. The van der Waals surface area contributed by atoms with Crippen molar-refractivity contribution >= 4 is 16.8 Å². The van der Waals surface area contributed by atoms with E-state index in [2.05, 4.69) is 27.3 Å².